The first-order valence-corrected chi connectivity index (χ1v) is 2.79. The molecule has 2 heteroatoms. The van der Waals surface area contributed by atoms with E-state index in [-0.39, 0.29) is 0 Å². The van der Waals surface area contributed by atoms with Gasteiger partial charge in [-0.3, -0.25) is 0 Å². The molecule has 0 amide bonds. The van der Waals surface area contributed by atoms with Gasteiger partial charge in [0.2, 0.25) is 0 Å². The number of benzene rings is 1. The lowest BCUT2D eigenvalue weighted by atomic mass is 9.93. The Balaban J connectivity index is 2.85. The predicted molar refractivity (Wildman–Crippen MR) is 37.2 cm³/mol. The zero-order valence-corrected chi connectivity index (χ0v) is 4.99. The quantitative estimate of drug-likeness (QED) is 0.541. The Bertz CT molecular complexity index is 172. The number of rotatable bonds is 1. The van der Waals surface area contributed by atoms with E-state index in [1.807, 2.05) is 18.2 Å². The van der Waals surface area contributed by atoms with Crippen molar-refractivity contribution in [1.29, 1.82) is 0 Å². The molecule has 2 radical (unpaired) electrons. The molecule has 0 fully saturated rings. The number of hydrogen-bond acceptors (Lipinski definition) is 1. The van der Waals surface area contributed by atoms with Gasteiger partial charge in [-0.25, -0.2) is 0 Å². The molecule has 1 aromatic carbocycles. The highest BCUT2D eigenvalue weighted by Gasteiger charge is 1.94. The van der Waals surface area contributed by atoms with E-state index in [4.69, 9.17) is 13.0 Å². The maximum Gasteiger partial charge on any atom is 0.115 e. The van der Waals surface area contributed by atoms with Gasteiger partial charge in [0.05, 0.1) is 0 Å². The molecule has 0 heterocycles. The Hall–Kier alpha value is -0.755. The minimum atomic E-state index is -0.841. The van der Waals surface area contributed by atoms with E-state index in [2.05, 4.69) is 0 Å². The fourth-order valence-electron chi connectivity index (χ4n) is 0.650. The summed E-state index contributed by atoms with van der Waals surface area (Å²) >= 11 is 0. The van der Waals surface area contributed by atoms with Crippen LogP contribution in [0.25, 0.3) is 0 Å². The molecule has 1 nitrogen and oxygen atoms in total. The Morgan fingerprint density at radius 2 is 1.78 bits per heavy atom. The van der Waals surface area contributed by atoms with E-state index in [0.717, 1.165) is 5.56 Å². The van der Waals surface area contributed by atoms with Crippen molar-refractivity contribution < 1.29 is 5.11 Å². The van der Waals surface area contributed by atoms with Gasteiger partial charge in [0, 0.05) is 6.00 Å². The third kappa shape index (κ3) is 1.58. The highest BCUT2D eigenvalue weighted by atomic mass is 16.3. The summed E-state index contributed by atoms with van der Waals surface area (Å²) in [7, 11) is 5.17. The fourth-order valence-corrected chi connectivity index (χ4v) is 0.650. The summed E-state index contributed by atoms with van der Waals surface area (Å²) in [5.41, 5.74) is 0.748. The van der Waals surface area contributed by atoms with Crippen molar-refractivity contribution in [3.63, 3.8) is 0 Å². The third-order valence-electron chi connectivity index (χ3n) is 1.14. The molecule has 1 atom stereocenters. The molecule has 44 valence electrons. The van der Waals surface area contributed by atoms with Gasteiger partial charge < -0.3 is 5.11 Å². The number of hydrogen-bond donors (Lipinski definition) is 1. The summed E-state index contributed by atoms with van der Waals surface area (Å²) in [6.45, 7) is 0. The zero-order valence-electron chi connectivity index (χ0n) is 4.99. The van der Waals surface area contributed by atoms with Gasteiger partial charge >= 0.3 is 0 Å². The van der Waals surface area contributed by atoms with Crippen LogP contribution in [0, 0.1) is 0 Å². The number of aliphatic hydroxyl groups is 1. The second-order valence-corrected chi connectivity index (χ2v) is 1.86. The van der Waals surface area contributed by atoms with Gasteiger partial charge in [0.25, 0.3) is 0 Å². The summed E-state index contributed by atoms with van der Waals surface area (Å²) in [5.74, 6) is 0. The van der Waals surface area contributed by atoms with Gasteiger partial charge in [-0.15, -0.1) is 0 Å². The second kappa shape index (κ2) is 2.69. The normalized spacial score (nSPS) is 13.0. The molecule has 0 saturated heterocycles. The molecule has 0 aromatic heterocycles. The van der Waals surface area contributed by atoms with Gasteiger partial charge in [0.15, 0.2) is 0 Å². The maximum atomic E-state index is 8.80. The largest absolute Gasteiger partial charge is 0.398 e. The average molecular weight is 118 g/mol. The molecule has 1 aromatic rings. The van der Waals surface area contributed by atoms with Crippen molar-refractivity contribution in [1.82, 2.24) is 0 Å². The van der Waals surface area contributed by atoms with Crippen LogP contribution in [0.1, 0.15) is 11.6 Å². The smallest absolute Gasteiger partial charge is 0.115 e. The van der Waals surface area contributed by atoms with Gasteiger partial charge in [-0.05, 0) is 5.56 Å². The van der Waals surface area contributed by atoms with Gasteiger partial charge in [0.1, 0.15) is 7.85 Å². The van der Waals surface area contributed by atoms with Crippen molar-refractivity contribution in [2.75, 3.05) is 0 Å². The molecule has 0 aliphatic heterocycles. The average Bonchev–Trinajstić information content (AvgIpc) is 1.90. The lowest BCUT2D eigenvalue weighted by Gasteiger charge is -2.01. The number of aliphatic hydroxyl groups excluding tert-OH is 1. The molecule has 0 aliphatic carbocycles. The minimum Gasteiger partial charge on any atom is -0.398 e. The van der Waals surface area contributed by atoms with Crippen molar-refractivity contribution >= 4 is 7.85 Å². The maximum absolute atomic E-state index is 8.80. The standard InChI is InChI=1S/C7H7BO/c8-7(9)6-4-2-1-3-5-6/h1-5,7,9H. The highest BCUT2D eigenvalue weighted by Crippen LogP contribution is 2.06. The summed E-state index contributed by atoms with van der Waals surface area (Å²) in [6.07, 6.45) is 0. The van der Waals surface area contributed by atoms with Crippen molar-refractivity contribution in [2.45, 2.75) is 6.00 Å². The Morgan fingerprint density at radius 1 is 1.22 bits per heavy atom. The van der Waals surface area contributed by atoms with Crippen LogP contribution in [0.3, 0.4) is 0 Å². The predicted octanol–water partition coefficient (Wildman–Crippen LogP) is 0.846. The van der Waals surface area contributed by atoms with Gasteiger partial charge in [-0.2, -0.15) is 0 Å². The summed E-state index contributed by atoms with van der Waals surface area (Å²) in [5, 5.41) is 8.80. The van der Waals surface area contributed by atoms with E-state index < -0.39 is 6.00 Å². The van der Waals surface area contributed by atoms with Crippen LogP contribution in [0.2, 0.25) is 0 Å². The van der Waals surface area contributed by atoms with Crippen LogP contribution in [0.4, 0.5) is 0 Å². The molecule has 0 bridgehead atoms. The zero-order chi connectivity index (χ0) is 6.69. The first kappa shape index (κ1) is 6.37. The van der Waals surface area contributed by atoms with Crippen molar-refractivity contribution in [3.05, 3.63) is 35.9 Å². The molecular weight excluding hydrogens is 111 g/mol. The molecule has 1 rings (SSSR count). The van der Waals surface area contributed by atoms with Crippen LogP contribution >= 0.6 is 0 Å². The second-order valence-electron chi connectivity index (χ2n) is 1.86. The third-order valence-corrected chi connectivity index (χ3v) is 1.14. The molecule has 9 heavy (non-hydrogen) atoms. The fraction of sp³-hybridized carbons (Fsp3) is 0.143. The van der Waals surface area contributed by atoms with Crippen molar-refractivity contribution in [3.8, 4) is 0 Å². The van der Waals surface area contributed by atoms with Gasteiger partial charge in [-0.1, -0.05) is 30.3 Å². The van der Waals surface area contributed by atoms with E-state index in [1.54, 1.807) is 12.1 Å². The summed E-state index contributed by atoms with van der Waals surface area (Å²) in [6, 6.07) is 8.28. The Labute approximate surface area is 55.7 Å². The monoisotopic (exact) mass is 118 g/mol. The molecule has 0 spiro atoms. The van der Waals surface area contributed by atoms with E-state index in [0.29, 0.717) is 0 Å². The van der Waals surface area contributed by atoms with E-state index in [9.17, 15) is 0 Å². The Morgan fingerprint density at radius 3 is 2.11 bits per heavy atom. The van der Waals surface area contributed by atoms with E-state index in [1.165, 1.54) is 0 Å². The first-order chi connectivity index (χ1) is 4.30. The molecule has 1 N–H and O–H groups in total. The summed E-state index contributed by atoms with van der Waals surface area (Å²) in [4.78, 5) is 0. The molecule has 1 unspecified atom stereocenters. The van der Waals surface area contributed by atoms with Crippen LogP contribution in [-0.4, -0.2) is 13.0 Å². The molecule has 0 aliphatic rings. The van der Waals surface area contributed by atoms with E-state index >= 15 is 0 Å². The summed E-state index contributed by atoms with van der Waals surface area (Å²) < 4.78 is 0. The molecular formula is C7H7BO. The molecule has 0 saturated carbocycles. The topological polar surface area (TPSA) is 20.2 Å². The highest BCUT2D eigenvalue weighted by molar-refractivity contribution is 6.11. The van der Waals surface area contributed by atoms with Crippen LogP contribution < -0.4 is 0 Å². The minimum absolute atomic E-state index is 0.748. The lowest BCUT2D eigenvalue weighted by Crippen LogP contribution is -1.93. The van der Waals surface area contributed by atoms with Crippen LogP contribution in [0.5, 0.6) is 0 Å². The van der Waals surface area contributed by atoms with Crippen LogP contribution in [-0.2, 0) is 0 Å². The van der Waals surface area contributed by atoms with Crippen molar-refractivity contribution in [2.24, 2.45) is 0 Å². The first-order valence-electron chi connectivity index (χ1n) is 2.79. The van der Waals surface area contributed by atoms with Crippen LogP contribution in [0.15, 0.2) is 30.3 Å². The lowest BCUT2D eigenvalue weighted by molar-refractivity contribution is 0.262. The SMILES string of the molecule is [B]C(O)c1ccccc1. The Kier molecular flexibility index (Phi) is 1.90.